The van der Waals surface area contributed by atoms with Gasteiger partial charge in [0.2, 0.25) is 0 Å². The van der Waals surface area contributed by atoms with Gasteiger partial charge in [-0.2, -0.15) is 0 Å². The number of aromatic nitrogens is 3. The van der Waals surface area contributed by atoms with Crippen molar-refractivity contribution in [2.75, 3.05) is 0 Å². The van der Waals surface area contributed by atoms with Gasteiger partial charge in [-0.25, -0.2) is 0 Å². The Morgan fingerprint density at radius 2 is 1.69 bits per heavy atom. The van der Waals surface area contributed by atoms with E-state index in [2.05, 4.69) is 84.9 Å². The average molecular weight is 648 g/mol. The van der Waals surface area contributed by atoms with Crippen molar-refractivity contribution >= 4 is 16.6 Å². The van der Waals surface area contributed by atoms with Crippen molar-refractivity contribution < 1.29 is 20.1 Å². The summed E-state index contributed by atoms with van der Waals surface area (Å²) in [7, 11) is 0. The minimum absolute atomic E-state index is 0. The summed E-state index contributed by atoms with van der Waals surface area (Å²) in [6, 6.07) is 31.2. The van der Waals surface area contributed by atoms with Crippen molar-refractivity contribution in [3.05, 3.63) is 114 Å². The van der Waals surface area contributed by atoms with E-state index >= 15 is 0 Å². The van der Waals surface area contributed by atoms with Crippen LogP contribution < -0.4 is 0 Å². The summed E-state index contributed by atoms with van der Waals surface area (Å²) in [6.45, 7) is 9.49. The van der Waals surface area contributed by atoms with Crippen molar-refractivity contribution in [3.63, 3.8) is 0 Å². The number of allylic oxidation sites excluding steroid dienone is 2. The first-order chi connectivity index (χ1) is 17.0. The second kappa shape index (κ2) is 11.2. The van der Waals surface area contributed by atoms with Crippen molar-refractivity contribution in [1.82, 2.24) is 14.5 Å². The van der Waals surface area contributed by atoms with Gasteiger partial charge in [-0.05, 0) is 35.7 Å². The molecule has 2 aromatic heterocycles. The number of pyridine rings is 1. The second-order valence-electron chi connectivity index (χ2n) is 9.31. The maximum Gasteiger partial charge on any atom is 0.0777 e. The number of aryl methyl sites for hydroxylation is 2. The topological polar surface area (TPSA) is 30.7 Å². The predicted molar refractivity (Wildman–Crippen MR) is 145 cm³/mol. The summed E-state index contributed by atoms with van der Waals surface area (Å²) in [6.07, 6.45) is 4.21. The fourth-order valence-corrected chi connectivity index (χ4v) is 4.47. The summed E-state index contributed by atoms with van der Waals surface area (Å²) in [5, 5.41) is 0. The molecule has 0 fully saturated rings. The molecule has 0 N–H and O–H groups in total. The van der Waals surface area contributed by atoms with E-state index in [4.69, 9.17) is 4.98 Å². The van der Waals surface area contributed by atoms with Crippen LogP contribution in [0.3, 0.4) is 0 Å². The maximum absolute atomic E-state index is 4.85. The first-order valence-corrected chi connectivity index (χ1v) is 12.1. The molecule has 0 aliphatic carbocycles. The van der Waals surface area contributed by atoms with Crippen LogP contribution in [0.2, 0.25) is 0 Å². The van der Waals surface area contributed by atoms with Crippen LogP contribution in [0.4, 0.5) is 0 Å². The minimum atomic E-state index is 0. The van der Waals surface area contributed by atoms with Crippen molar-refractivity contribution in [2.24, 2.45) is 5.92 Å². The summed E-state index contributed by atoms with van der Waals surface area (Å²) in [5.41, 5.74) is 10.6. The van der Waals surface area contributed by atoms with Gasteiger partial charge in [0, 0.05) is 38.4 Å². The molecule has 3 heterocycles. The molecule has 4 heteroatoms. The molecule has 3 aromatic carbocycles. The molecule has 0 spiro atoms. The smallest absolute Gasteiger partial charge is 0.0777 e. The number of hydrogen-bond acceptors (Lipinski definition) is 2. The van der Waals surface area contributed by atoms with E-state index in [9.17, 15) is 0 Å². The third-order valence-corrected chi connectivity index (χ3v) is 6.30. The van der Waals surface area contributed by atoms with Crippen LogP contribution in [0.1, 0.15) is 30.5 Å². The Labute approximate surface area is 227 Å². The fourth-order valence-electron chi connectivity index (χ4n) is 4.47. The van der Waals surface area contributed by atoms with Gasteiger partial charge in [0.05, 0.1) is 16.9 Å². The van der Waals surface area contributed by atoms with E-state index in [1.807, 2.05) is 49.5 Å². The Bertz CT molecular complexity index is 1440. The fraction of sp³-hybridized carbons (Fsp3) is 0.188. The zero-order valence-corrected chi connectivity index (χ0v) is 23.4. The molecule has 1 aliphatic heterocycles. The Balaban J connectivity index is 0.000000178. The molecule has 183 valence electrons. The molecule has 0 atom stereocenters. The van der Waals surface area contributed by atoms with Crippen LogP contribution in [0.5, 0.6) is 0 Å². The minimum Gasteiger partial charge on any atom is -0.360 e. The van der Waals surface area contributed by atoms with E-state index in [0.29, 0.717) is 5.92 Å². The quantitative estimate of drug-likeness (QED) is 0.188. The van der Waals surface area contributed by atoms with Gasteiger partial charge in [0.25, 0.3) is 0 Å². The number of benzene rings is 3. The summed E-state index contributed by atoms with van der Waals surface area (Å²) in [5.74, 6) is 1.54. The molecule has 1 aliphatic rings. The summed E-state index contributed by atoms with van der Waals surface area (Å²) in [4.78, 5) is 9.19. The van der Waals surface area contributed by atoms with Crippen molar-refractivity contribution in [2.45, 2.75) is 34.2 Å². The number of rotatable bonds is 3. The second-order valence-corrected chi connectivity index (χ2v) is 9.31. The third-order valence-electron chi connectivity index (χ3n) is 6.30. The SMILES string of the molecule is CC(C)C1=CCn2c(-c3[c-]cccc3)nc3cccc1c32.Cc1c[c-]c(-c2ccc(C)cn2)cc1.[Ir]. The first kappa shape index (κ1) is 25.8. The standard InChI is InChI=1S/C19H17N2.C13H12N.Ir/c1-13(2)15-11-12-21-18-16(15)9-6-10-17(18)20-19(21)14-7-4-3-5-8-14;1-10-3-6-12(7-4-10)13-8-5-11(2)9-14-13;/h3-7,9-11,13H,12H2,1-2H3;3-6,8-9H,1-2H3;/q2*-1;. The molecule has 1 radical (unpaired) electrons. The van der Waals surface area contributed by atoms with E-state index in [-0.39, 0.29) is 20.1 Å². The molecule has 0 saturated carbocycles. The number of hydrogen-bond donors (Lipinski definition) is 0. The average Bonchev–Trinajstić information content (AvgIpc) is 3.26. The van der Waals surface area contributed by atoms with Crippen LogP contribution in [-0.2, 0) is 26.7 Å². The summed E-state index contributed by atoms with van der Waals surface area (Å²) < 4.78 is 2.31. The van der Waals surface area contributed by atoms with Gasteiger partial charge in [0.15, 0.2) is 0 Å². The Hall–Kier alpha value is -3.33. The van der Waals surface area contributed by atoms with Crippen molar-refractivity contribution in [1.29, 1.82) is 0 Å². The van der Waals surface area contributed by atoms with Crippen LogP contribution >= 0.6 is 0 Å². The van der Waals surface area contributed by atoms with E-state index in [1.54, 1.807) is 0 Å². The van der Waals surface area contributed by atoms with Crippen LogP contribution in [0.25, 0.3) is 39.3 Å². The van der Waals surface area contributed by atoms with Gasteiger partial charge >= 0.3 is 0 Å². The van der Waals surface area contributed by atoms with Crippen LogP contribution in [-0.4, -0.2) is 14.5 Å². The molecule has 0 amide bonds. The molecular weight excluding hydrogens is 619 g/mol. The maximum atomic E-state index is 4.85. The van der Waals surface area contributed by atoms with Gasteiger partial charge in [-0.3, -0.25) is 4.98 Å². The molecular formula is C32H29IrN3-2. The van der Waals surface area contributed by atoms with E-state index in [1.165, 1.54) is 27.8 Å². The molecule has 0 unspecified atom stereocenters. The first-order valence-electron chi connectivity index (χ1n) is 12.1. The van der Waals surface area contributed by atoms with Gasteiger partial charge in [-0.15, -0.1) is 71.3 Å². The molecule has 0 bridgehead atoms. The molecule has 0 saturated heterocycles. The van der Waals surface area contributed by atoms with Crippen LogP contribution in [0.15, 0.2) is 85.1 Å². The Morgan fingerprint density at radius 3 is 2.36 bits per heavy atom. The zero-order valence-electron chi connectivity index (χ0n) is 21.0. The largest absolute Gasteiger partial charge is 0.360 e. The van der Waals surface area contributed by atoms with Gasteiger partial charge in [0.1, 0.15) is 0 Å². The number of para-hydroxylation sites is 1. The predicted octanol–water partition coefficient (Wildman–Crippen LogP) is 7.72. The monoisotopic (exact) mass is 648 g/mol. The number of nitrogens with zero attached hydrogens (tertiary/aromatic N) is 3. The molecule has 6 rings (SSSR count). The van der Waals surface area contributed by atoms with E-state index in [0.717, 1.165) is 34.7 Å². The van der Waals surface area contributed by atoms with Gasteiger partial charge in [-0.1, -0.05) is 51.1 Å². The van der Waals surface area contributed by atoms with Crippen LogP contribution in [0, 0.1) is 31.9 Å². The normalized spacial score (nSPS) is 12.0. The number of imidazole rings is 1. The molecule has 3 nitrogen and oxygen atoms in total. The third kappa shape index (κ3) is 5.26. The zero-order chi connectivity index (χ0) is 24.4. The Morgan fingerprint density at radius 1 is 0.861 bits per heavy atom. The van der Waals surface area contributed by atoms with Crippen molar-refractivity contribution in [3.8, 4) is 22.6 Å². The van der Waals surface area contributed by atoms with Gasteiger partial charge < -0.3 is 9.55 Å². The summed E-state index contributed by atoms with van der Waals surface area (Å²) >= 11 is 0. The Kier molecular flexibility index (Phi) is 7.98. The molecule has 36 heavy (non-hydrogen) atoms. The van der Waals surface area contributed by atoms with E-state index < -0.39 is 0 Å². The molecule has 5 aromatic rings.